The zero-order valence-corrected chi connectivity index (χ0v) is 37.2. The van der Waals surface area contributed by atoms with Crippen LogP contribution in [0.15, 0.2) is 70.9 Å². The summed E-state index contributed by atoms with van der Waals surface area (Å²) in [5, 5.41) is 18.0. The van der Waals surface area contributed by atoms with Gasteiger partial charge < -0.3 is 49.7 Å². The summed E-state index contributed by atoms with van der Waals surface area (Å²) in [5.41, 5.74) is 17.7. The summed E-state index contributed by atoms with van der Waals surface area (Å²) in [6, 6.07) is 15.5. The van der Waals surface area contributed by atoms with Gasteiger partial charge in [0.1, 0.15) is 24.4 Å². The monoisotopic (exact) mass is 894 g/mol. The highest BCUT2D eigenvalue weighted by Crippen LogP contribution is 2.35. The zero-order chi connectivity index (χ0) is 47.5. The molecule has 348 valence electrons. The number of amides is 4. The zero-order valence-electron chi connectivity index (χ0n) is 37.2. The molecule has 2 aromatic rings. The van der Waals surface area contributed by atoms with Crippen molar-refractivity contribution in [2.45, 2.75) is 103 Å². The molecule has 0 saturated heterocycles. The molecule has 0 unspecified atom stereocenters. The van der Waals surface area contributed by atoms with Gasteiger partial charge in [0, 0.05) is 40.8 Å². The van der Waals surface area contributed by atoms with E-state index in [0.717, 1.165) is 11.1 Å². The number of carbonyl (C=O) groups excluding carboxylic acids is 6. The first-order valence-electron chi connectivity index (χ1n) is 20.4. The third-order valence-electron chi connectivity index (χ3n) is 9.96. The molecule has 4 rings (SSSR count). The second kappa shape index (κ2) is 24.6. The van der Waals surface area contributed by atoms with Crippen LogP contribution in [0.4, 0.5) is 19.2 Å². The van der Waals surface area contributed by atoms with Gasteiger partial charge in [0.05, 0.1) is 44.2 Å². The molecule has 0 aromatic heterocycles. The van der Waals surface area contributed by atoms with Crippen LogP contribution in [0.1, 0.15) is 65.5 Å². The van der Waals surface area contributed by atoms with Crippen molar-refractivity contribution in [3.8, 4) is 0 Å². The van der Waals surface area contributed by atoms with Crippen molar-refractivity contribution >= 4 is 36.3 Å². The summed E-state index contributed by atoms with van der Waals surface area (Å²) in [7, 11) is 2.49. The number of nitrogens with zero attached hydrogens (tertiary/aromatic N) is 6. The lowest BCUT2D eigenvalue weighted by atomic mass is 9.93. The number of hydrogen-bond donors (Lipinski definition) is 4. The van der Waals surface area contributed by atoms with E-state index in [0.29, 0.717) is 0 Å². The van der Waals surface area contributed by atoms with Crippen molar-refractivity contribution < 1.29 is 57.2 Å². The molecule has 4 N–H and O–H groups in total. The van der Waals surface area contributed by atoms with E-state index in [4.69, 9.17) is 39.5 Å². The maximum Gasteiger partial charge on any atom is 0.407 e. The van der Waals surface area contributed by atoms with Crippen molar-refractivity contribution in [3.63, 3.8) is 0 Å². The van der Waals surface area contributed by atoms with E-state index in [1.54, 1.807) is 41.5 Å². The molecule has 0 radical (unpaired) electrons. The Bertz CT molecular complexity index is 1980. The number of benzene rings is 2. The van der Waals surface area contributed by atoms with Crippen LogP contribution in [0.2, 0.25) is 0 Å². The molecule has 0 aliphatic heterocycles. The third-order valence-corrected chi connectivity index (χ3v) is 9.96. The second-order valence-corrected chi connectivity index (χ2v) is 16.9. The van der Waals surface area contributed by atoms with Gasteiger partial charge in [-0.2, -0.15) is 0 Å². The number of methoxy groups -OCH3 is 2. The van der Waals surface area contributed by atoms with E-state index in [1.807, 2.05) is 60.7 Å². The average Bonchev–Trinajstić information content (AvgIpc) is 3.74. The summed E-state index contributed by atoms with van der Waals surface area (Å²) in [6.45, 7) is 10.3. The molecule has 64 heavy (non-hydrogen) atoms. The normalized spacial score (nSPS) is 22.2. The number of nitrogens with one attached hydrogen (secondary N) is 4. The number of hydrogen-bond acceptors (Lipinski definition) is 14. The Kier molecular flexibility index (Phi) is 19.8. The van der Waals surface area contributed by atoms with Gasteiger partial charge in [-0.3, -0.25) is 9.59 Å². The predicted octanol–water partition coefficient (Wildman–Crippen LogP) is 6.59. The van der Waals surface area contributed by atoms with Crippen LogP contribution in [-0.4, -0.2) is 99.0 Å². The fourth-order valence-electron chi connectivity index (χ4n) is 7.30. The van der Waals surface area contributed by atoms with Gasteiger partial charge in [0.2, 0.25) is 0 Å². The molecule has 22 nitrogen and oxygen atoms in total. The van der Waals surface area contributed by atoms with E-state index in [9.17, 15) is 28.8 Å². The van der Waals surface area contributed by atoms with E-state index in [1.165, 1.54) is 14.2 Å². The highest BCUT2D eigenvalue weighted by molar-refractivity contribution is 5.77. The van der Waals surface area contributed by atoms with Crippen molar-refractivity contribution in [2.75, 3.05) is 27.3 Å². The number of alkyl carbamates (subject to hydrolysis) is 4. The van der Waals surface area contributed by atoms with Crippen LogP contribution < -0.4 is 21.3 Å². The molecule has 2 aliphatic rings. The maximum absolute atomic E-state index is 12.4. The summed E-state index contributed by atoms with van der Waals surface area (Å²) < 4.78 is 30.9. The molecule has 2 aliphatic carbocycles. The lowest BCUT2D eigenvalue weighted by Gasteiger charge is -2.28. The lowest BCUT2D eigenvalue weighted by Crippen LogP contribution is -2.52. The number of esters is 2. The van der Waals surface area contributed by atoms with Gasteiger partial charge in [0.25, 0.3) is 0 Å². The Morgan fingerprint density at radius 3 is 1.42 bits per heavy atom. The molecule has 0 bridgehead atoms. The first-order chi connectivity index (χ1) is 30.3. The highest BCUT2D eigenvalue weighted by Gasteiger charge is 2.50. The Morgan fingerprint density at radius 1 is 0.578 bits per heavy atom. The fourth-order valence-corrected chi connectivity index (χ4v) is 7.30. The Labute approximate surface area is 371 Å². The molecular formula is C42H58N10O12. The van der Waals surface area contributed by atoms with E-state index < -0.39 is 95.4 Å². The van der Waals surface area contributed by atoms with Gasteiger partial charge in [0.15, 0.2) is 0 Å². The molecule has 8 atom stereocenters. The van der Waals surface area contributed by atoms with E-state index in [2.05, 4.69) is 41.3 Å². The second-order valence-electron chi connectivity index (χ2n) is 16.9. The molecule has 2 fully saturated rings. The molecule has 0 spiro atoms. The maximum atomic E-state index is 12.4. The topological polar surface area (TPSA) is 303 Å². The smallest absolute Gasteiger partial charge is 0.407 e. The molecular weight excluding hydrogens is 837 g/mol. The van der Waals surface area contributed by atoms with Gasteiger partial charge in [-0.25, -0.2) is 19.2 Å². The minimum atomic E-state index is -0.776. The first-order valence-corrected chi connectivity index (χ1v) is 20.4. The van der Waals surface area contributed by atoms with Crippen LogP contribution in [-0.2, 0) is 51.2 Å². The van der Waals surface area contributed by atoms with Crippen molar-refractivity contribution in [1.82, 2.24) is 21.3 Å². The van der Waals surface area contributed by atoms with Crippen LogP contribution in [0.3, 0.4) is 0 Å². The number of ether oxygens (including phenoxy) is 6. The molecule has 2 saturated carbocycles. The number of rotatable bonds is 14. The van der Waals surface area contributed by atoms with Crippen molar-refractivity contribution in [3.05, 3.63) is 92.7 Å². The predicted molar refractivity (Wildman–Crippen MR) is 229 cm³/mol. The van der Waals surface area contributed by atoms with Crippen LogP contribution in [0, 0.1) is 23.7 Å². The van der Waals surface area contributed by atoms with Crippen molar-refractivity contribution in [1.29, 1.82) is 0 Å². The van der Waals surface area contributed by atoms with Gasteiger partial charge in [-0.1, -0.05) is 70.9 Å². The Hall–Kier alpha value is -6.92. The largest absolute Gasteiger partial charge is 0.469 e. The van der Waals surface area contributed by atoms with Crippen molar-refractivity contribution in [2.24, 2.45) is 33.9 Å². The Balaban J connectivity index is 0.000000340. The van der Waals surface area contributed by atoms with Crippen LogP contribution >= 0.6 is 0 Å². The molecule has 22 heteroatoms. The lowest BCUT2D eigenvalue weighted by molar-refractivity contribution is -0.147. The Morgan fingerprint density at radius 2 is 0.984 bits per heavy atom. The van der Waals surface area contributed by atoms with Crippen LogP contribution in [0.5, 0.6) is 0 Å². The quantitative estimate of drug-likeness (QED) is 0.0513. The first kappa shape index (κ1) is 51.4. The van der Waals surface area contributed by atoms with Gasteiger partial charge in [-0.15, -0.1) is 0 Å². The van der Waals surface area contributed by atoms with Gasteiger partial charge >= 0.3 is 36.3 Å². The summed E-state index contributed by atoms with van der Waals surface area (Å²) in [6.07, 6.45) is -2.51. The highest BCUT2D eigenvalue weighted by atomic mass is 16.6. The minimum Gasteiger partial charge on any atom is -0.469 e. The SMILES string of the molecule is COC(=O)[C@@H]1C[C@H](NC(=O)OCc2ccccc2)[C@@H](NC(=O)OC(C)(C)C)[C@H]1CN=[N+]=[N-].COC(=O)[C@H]1C[C@@H](NC(=O)OCc2ccccc2)[C@H](CN=[N+]=[N-])[C@@H]1NC(=O)OC(C)(C)C. The molecule has 0 heterocycles. The number of azide groups is 2. The molecule has 4 amide bonds. The third kappa shape index (κ3) is 17.1. The average molecular weight is 895 g/mol. The van der Waals surface area contributed by atoms with Crippen LogP contribution in [0.25, 0.3) is 20.9 Å². The molecule has 2 aromatic carbocycles. The van der Waals surface area contributed by atoms with Gasteiger partial charge in [-0.05, 0) is 76.6 Å². The minimum absolute atomic E-state index is 0.0614. The number of carbonyl (C=O) groups is 6. The standard InChI is InChI=1S/2C21H29N5O6/c1-21(2,3)32-20(29)25-17-14(18(27)30-4)10-16(15(17)11-23-26-22)24-19(28)31-12-13-8-6-5-7-9-13;1-21(2,3)32-20(29)25-17-15(11-23-26-22)14(18(27)30-4)10-16(17)24-19(28)31-12-13-8-6-5-7-9-13/h2*5-9,14-17H,10-12H2,1-4H3,(H,24,28)(H,25,29)/t14-,15-,16+,17+;14-,15+,16+,17+/m01/s1. The van der Waals surface area contributed by atoms with E-state index in [-0.39, 0.29) is 39.1 Å². The summed E-state index contributed by atoms with van der Waals surface area (Å²) in [4.78, 5) is 79.9. The van der Waals surface area contributed by atoms with E-state index >= 15 is 0 Å². The summed E-state index contributed by atoms with van der Waals surface area (Å²) in [5.74, 6) is -3.74. The summed E-state index contributed by atoms with van der Waals surface area (Å²) >= 11 is 0. The fraction of sp³-hybridized carbons (Fsp3) is 0.571.